The third-order valence-corrected chi connectivity index (χ3v) is 4.07. The lowest BCUT2D eigenvalue weighted by Gasteiger charge is -2.37. The van der Waals surface area contributed by atoms with Gasteiger partial charge in [0, 0.05) is 0 Å². The average molecular weight is 368 g/mol. The van der Waals surface area contributed by atoms with Gasteiger partial charge in [0.2, 0.25) is 5.89 Å². The van der Waals surface area contributed by atoms with Crippen molar-refractivity contribution in [3.63, 3.8) is 0 Å². The van der Waals surface area contributed by atoms with Crippen LogP contribution in [0, 0.1) is 0 Å². The number of carbonyl (C=O) groups is 1. The van der Waals surface area contributed by atoms with Crippen LogP contribution < -0.4 is 4.90 Å². The third kappa shape index (κ3) is 3.74. The lowest BCUT2D eigenvalue weighted by atomic mass is 10.0. The van der Waals surface area contributed by atoms with Gasteiger partial charge in [0.05, 0.1) is 5.69 Å². The largest absolute Gasteiger partial charge is 0.506 e. The van der Waals surface area contributed by atoms with E-state index in [0.29, 0.717) is 22.7 Å². The zero-order valence-corrected chi connectivity index (χ0v) is 16.2. The fourth-order valence-corrected chi connectivity index (χ4v) is 2.82. The average Bonchev–Trinajstić information content (AvgIpc) is 3.00. The summed E-state index contributed by atoms with van der Waals surface area (Å²) in [5, 5.41) is 10.4. The predicted molar refractivity (Wildman–Crippen MR) is 104 cm³/mol. The standard InChI is InChI=1S/C21H24N2O4/c1-20(2,3)27-19(25)23(15-11-7-8-12-16(15)24)21(4,5)18-22-14-10-6-9-13-17(14)26-18/h6-13,24H,1-5H3. The summed E-state index contributed by atoms with van der Waals surface area (Å²) in [6.07, 6.45) is -0.601. The minimum atomic E-state index is -1.01. The van der Waals surface area contributed by atoms with Gasteiger partial charge in [0.1, 0.15) is 22.4 Å². The molecule has 1 heterocycles. The topological polar surface area (TPSA) is 75.8 Å². The van der Waals surface area contributed by atoms with E-state index in [9.17, 15) is 9.90 Å². The molecule has 3 aromatic rings. The summed E-state index contributed by atoms with van der Waals surface area (Å²) < 4.78 is 11.5. The lowest BCUT2D eigenvalue weighted by Crippen LogP contribution is -2.48. The van der Waals surface area contributed by atoms with Crippen molar-refractivity contribution in [3.05, 3.63) is 54.4 Å². The number of phenols is 1. The highest BCUT2D eigenvalue weighted by Gasteiger charge is 2.41. The highest BCUT2D eigenvalue weighted by molar-refractivity contribution is 5.91. The maximum atomic E-state index is 13.1. The first-order valence-electron chi connectivity index (χ1n) is 8.77. The number of amides is 1. The number of phenolic OH excluding ortho intramolecular Hbond substituents is 1. The van der Waals surface area contributed by atoms with Gasteiger partial charge in [-0.3, -0.25) is 4.90 Å². The highest BCUT2D eigenvalue weighted by Crippen LogP contribution is 2.39. The first kappa shape index (κ1) is 18.8. The quantitative estimate of drug-likeness (QED) is 0.687. The third-order valence-electron chi connectivity index (χ3n) is 4.07. The van der Waals surface area contributed by atoms with E-state index in [1.165, 1.54) is 11.0 Å². The second-order valence-corrected chi connectivity index (χ2v) is 7.85. The molecule has 0 radical (unpaired) electrons. The van der Waals surface area contributed by atoms with Crippen LogP contribution in [0.25, 0.3) is 11.1 Å². The number of para-hydroxylation sites is 4. The zero-order chi connectivity index (χ0) is 19.8. The summed E-state index contributed by atoms with van der Waals surface area (Å²) in [6.45, 7) is 8.98. The summed E-state index contributed by atoms with van der Waals surface area (Å²) in [7, 11) is 0. The van der Waals surface area contributed by atoms with E-state index in [-0.39, 0.29) is 5.75 Å². The molecule has 0 aliphatic rings. The molecule has 27 heavy (non-hydrogen) atoms. The molecule has 1 amide bonds. The smallest absolute Gasteiger partial charge is 0.415 e. The van der Waals surface area contributed by atoms with Gasteiger partial charge in [-0.1, -0.05) is 24.3 Å². The van der Waals surface area contributed by atoms with Crippen LogP contribution in [0.4, 0.5) is 10.5 Å². The maximum absolute atomic E-state index is 13.1. The molecule has 0 saturated heterocycles. The number of anilines is 1. The molecule has 6 heteroatoms. The van der Waals surface area contributed by atoms with Gasteiger partial charge in [-0.05, 0) is 58.9 Å². The number of ether oxygens (including phenoxy) is 1. The summed E-state index contributed by atoms with van der Waals surface area (Å²) in [4.78, 5) is 19.0. The molecular formula is C21H24N2O4. The van der Waals surface area contributed by atoms with E-state index < -0.39 is 17.2 Å². The van der Waals surface area contributed by atoms with E-state index in [4.69, 9.17) is 9.15 Å². The molecule has 0 aliphatic heterocycles. The molecule has 1 N–H and O–H groups in total. The highest BCUT2D eigenvalue weighted by atomic mass is 16.6. The number of nitrogens with zero attached hydrogens (tertiary/aromatic N) is 2. The van der Waals surface area contributed by atoms with Crippen molar-refractivity contribution in [1.29, 1.82) is 0 Å². The van der Waals surface area contributed by atoms with Crippen molar-refractivity contribution in [1.82, 2.24) is 4.98 Å². The summed E-state index contributed by atoms with van der Waals surface area (Å²) in [5.41, 5.74) is -0.0693. The van der Waals surface area contributed by atoms with E-state index in [1.807, 2.05) is 24.3 Å². The molecule has 1 aromatic heterocycles. The van der Waals surface area contributed by atoms with Crippen LogP contribution >= 0.6 is 0 Å². The van der Waals surface area contributed by atoms with Crippen LogP contribution in [0.5, 0.6) is 5.75 Å². The Labute approximate surface area is 158 Å². The van der Waals surface area contributed by atoms with Gasteiger partial charge in [-0.25, -0.2) is 9.78 Å². The van der Waals surface area contributed by atoms with E-state index in [1.54, 1.807) is 52.8 Å². The molecule has 0 bridgehead atoms. The molecule has 0 atom stereocenters. The second kappa shape index (κ2) is 6.61. The van der Waals surface area contributed by atoms with Crippen molar-refractivity contribution in [2.75, 3.05) is 4.90 Å². The first-order valence-corrected chi connectivity index (χ1v) is 8.77. The minimum Gasteiger partial charge on any atom is -0.506 e. The van der Waals surface area contributed by atoms with Gasteiger partial charge >= 0.3 is 6.09 Å². The number of benzene rings is 2. The lowest BCUT2D eigenvalue weighted by molar-refractivity contribution is 0.0534. The second-order valence-electron chi connectivity index (χ2n) is 7.85. The van der Waals surface area contributed by atoms with Gasteiger partial charge in [0.25, 0.3) is 0 Å². The van der Waals surface area contributed by atoms with Gasteiger partial charge in [0.15, 0.2) is 5.58 Å². The number of aromatic hydroxyl groups is 1. The summed E-state index contributed by atoms with van der Waals surface area (Å²) >= 11 is 0. The van der Waals surface area contributed by atoms with Crippen LogP contribution in [-0.4, -0.2) is 21.8 Å². The SMILES string of the molecule is CC(C)(C)OC(=O)N(c1ccccc1O)C(C)(C)c1nc2ccccc2o1. The van der Waals surface area contributed by atoms with E-state index in [0.717, 1.165) is 0 Å². The number of hydrogen-bond acceptors (Lipinski definition) is 5. The Balaban J connectivity index is 2.13. The van der Waals surface area contributed by atoms with Crippen molar-refractivity contribution < 1.29 is 19.1 Å². The Bertz CT molecular complexity index is 936. The molecule has 0 saturated carbocycles. The van der Waals surface area contributed by atoms with Crippen LogP contribution in [0.15, 0.2) is 52.9 Å². The van der Waals surface area contributed by atoms with Crippen molar-refractivity contribution in [2.24, 2.45) is 0 Å². The molecule has 2 aromatic carbocycles. The fourth-order valence-electron chi connectivity index (χ4n) is 2.82. The summed E-state index contributed by atoms with van der Waals surface area (Å²) in [6, 6.07) is 14.0. The Hall–Kier alpha value is -3.02. The predicted octanol–water partition coefficient (Wildman–Crippen LogP) is 5.21. The van der Waals surface area contributed by atoms with Crippen LogP contribution in [0.1, 0.15) is 40.5 Å². The minimum absolute atomic E-state index is 0.0347. The molecule has 0 spiro atoms. The summed E-state index contributed by atoms with van der Waals surface area (Å²) in [5.74, 6) is 0.311. The van der Waals surface area contributed by atoms with Crippen LogP contribution in [-0.2, 0) is 10.3 Å². The monoisotopic (exact) mass is 368 g/mol. The number of hydrogen-bond donors (Lipinski definition) is 1. The number of fused-ring (bicyclic) bond motifs is 1. The van der Waals surface area contributed by atoms with Crippen molar-refractivity contribution >= 4 is 22.9 Å². The normalized spacial score (nSPS) is 12.2. The molecule has 3 rings (SSSR count). The number of carbonyl (C=O) groups excluding carboxylic acids is 1. The van der Waals surface area contributed by atoms with Gasteiger partial charge in [-0.15, -0.1) is 0 Å². The molecule has 142 valence electrons. The van der Waals surface area contributed by atoms with Crippen molar-refractivity contribution in [3.8, 4) is 5.75 Å². The number of oxazole rings is 1. The van der Waals surface area contributed by atoms with Gasteiger partial charge in [-0.2, -0.15) is 0 Å². The van der Waals surface area contributed by atoms with Crippen LogP contribution in [0.3, 0.4) is 0 Å². The molecule has 6 nitrogen and oxygen atoms in total. The molecule has 0 fully saturated rings. The number of rotatable bonds is 3. The van der Waals surface area contributed by atoms with Crippen LogP contribution in [0.2, 0.25) is 0 Å². The molecular weight excluding hydrogens is 344 g/mol. The Morgan fingerprint density at radius 3 is 2.30 bits per heavy atom. The molecule has 0 aliphatic carbocycles. The Morgan fingerprint density at radius 1 is 1.04 bits per heavy atom. The van der Waals surface area contributed by atoms with E-state index in [2.05, 4.69) is 4.98 Å². The fraction of sp³-hybridized carbons (Fsp3) is 0.333. The van der Waals surface area contributed by atoms with E-state index >= 15 is 0 Å². The van der Waals surface area contributed by atoms with Gasteiger partial charge < -0.3 is 14.3 Å². The van der Waals surface area contributed by atoms with Crippen molar-refractivity contribution in [2.45, 2.75) is 45.8 Å². The molecule has 0 unspecified atom stereocenters. The Kier molecular flexibility index (Phi) is 4.59. The zero-order valence-electron chi connectivity index (χ0n) is 16.2. The maximum Gasteiger partial charge on any atom is 0.415 e. The first-order chi connectivity index (χ1) is 12.6. The Morgan fingerprint density at radius 2 is 1.67 bits per heavy atom. The number of aromatic nitrogens is 1.